The van der Waals surface area contributed by atoms with E-state index >= 15 is 0 Å². The number of piperazine rings is 1. The van der Waals surface area contributed by atoms with Crippen LogP contribution in [0.3, 0.4) is 0 Å². The van der Waals surface area contributed by atoms with Crippen LogP contribution in [0.25, 0.3) is 22.0 Å². The minimum Gasteiger partial charge on any atom is -0.507 e. The van der Waals surface area contributed by atoms with E-state index in [4.69, 9.17) is 0 Å². The van der Waals surface area contributed by atoms with Crippen molar-refractivity contribution in [3.63, 3.8) is 0 Å². The lowest BCUT2D eigenvalue weighted by atomic mass is 10.0. The average Bonchev–Trinajstić information content (AvgIpc) is 3.56. The zero-order chi connectivity index (χ0) is 21.6. The molecule has 2 N–H and O–H groups in total. The van der Waals surface area contributed by atoms with Crippen LogP contribution < -0.4 is 0 Å². The van der Waals surface area contributed by atoms with Crippen molar-refractivity contribution in [2.75, 3.05) is 26.2 Å². The van der Waals surface area contributed by atoms with E-state index in [0.29, 0.717) is 50.1 Å². The maximum Gasteiger partial charge on any atom is 0.254 e. The van der Waals surface area contributed by atoms with Crippen molar-refractivity contribution in [3.8, 4) is 16.9 Å². The molecule has 2 amide bonds. The van der Waals surface area contributed by atoms with Gasteiger partial charge in [-0.2, -0.15) is 0 Å². The minimum absolute atomic E-state index is 0.0210. The molecule has 31 heavy (non-hydrogen) atoms. The molecule has 2 heterocycles. The molecule has 1 aliphatic heterocycles. The van der Waals surface area contributed by atoms with Gasteiger partial charge in [0, 0.05) is 54.5 Å². The number of hydrogen-bond donors (Lipinski definition) is 2. The molecule has 1 aliphatic carbocycles. The van der Waals surface area contributed by atoms with Crippen molar-refractivity contribution in [1.82, 2.24) is 14.8 Å². The summed E-state index contributed by atoms with van der Waals surface area (Å²) in [5.74, 6) is -0.394. The predicted molar refractivity (Wildman–Crippen MR) is 116 cm³/mol. The molecule has 0 spiro atoms. The van der Waals surface area contributed by atoms with Crippen LogP contribution in [0.5, 0.6) is 5.75 Å². The van der Waals surface area contributed by atoms with E-state index < -0.39 is 5.60 Å². The van der Waals surface area contributed by atoms with Crippen LogP contribution in [0, 0.1) is 0 Å². The van der Waals surface area contributed by atoms with Crippen molar-refractivity contribution < 1.29 is 19.8 Å². The highest BCUT2D eigenvalue weighted by atomic mass is 16.3. The summed E-state index contributed by atoms with van der Waals surface area (Å²) in [6, 6.07) is 14.6. The standard InChI is InChI=1S/C24H23N3O4/c28-21-14-17(5-6-19(21)18-13-16-3-1-2-4-20(16)25-15-18)22(29)26-9-11-27(12-10-26)23(30)24(31)7-8-24/h1-6,13-15,28,31H,7-12H2. The lowest BCUT2D eigenvalue weighted by Gasteiger charge is -2.35. The van der Waals surface area contributed by atoms with Crippen molar-refractivity contribution >= 4 is 22.7 Å². The molecule has 2 fully saturated rings. The molecular formula is C24H23N3O4. The fourth-order valence-electron chi connectivity index (χ4n) is 4.05. The van der Waals surface area contributed by atoms with Crippen molar-refractivity contribution in [3.05, 3.63) is 60.3 Å². The Morgan fingerprint density at radius 2 is 1.65 bits per heavy atom. The Hall–Kier alpha value is -3.45. The Morgan fingerprint density at radius 1 is 0.935 bits per heavy atom. The molecule has 2 aromatic carbocycles. The number of rotatable bonds is 3. The third-order valence-electron chi connectivity index (χ3n) is 6.12. The van der Waals surface area contributed by atoms with Gasteiger partial charge in [0.1, 0.15) is 11.4 Å². The molecule has 7 heteroatoms. The number of amides is 2. The van der Waals surface area contributed by atoms with Crippen LogP contribution >= 0.6 is 0 Å². The highest BCUT2D eigenvalue weighted by Gasteiger charge is 2.50. The zero-order valence-electron chi connectivity index (χ0n) is 17.0. The third-order valence-corrected chi connectivity index (χ3v) is 6.12. The van der Waals surface area contributed by atoms with E-state index in [9.17, 15) is 19.8 Å². The molecule has 0 atom stereocenters. The van der Waals surface area contributed by atoms with Gasteiger partial charge in [-0.3, -0.25) is 14.6 Å². The topological polar surface area (TPSA) is 94.0 Å². The second-order valence-electron chi connectivity index (χ2n) is 8.26. The Morgan fingerprint density at radius 3 is 2.35 bits per heavy atom. The van der Waals surface area contributed by atoms with Crippen LogP contribution in [0.4, 0.5) is 0 Å². The van der Waals surface area contributed by atoms with Crippen LogP contribution in [-0.2, 0) is 4.79 Å². The fourth-order valence-corrected chi connectivity index (χ4v) is 4.05. The minimum atomic E-state index is -1.18. The first-order chi connectivity index (χ1) is 14.9. The number of phenols is 1. The molecule has 7 nitrogen and oxygen atoms in total. The molecule has 3 aromatic rings. The van der Waals surface area contributed by atoms with Gasteiger partial charge in [-0.15, -0.1) is 0 Å². The number of nitrogens with zero attached hydrogens (tertiary/aromatic N) is 3. The molecular weight excluding hydrogens is 394 g/mol. The van der Waals surface area contributed by atoms with Gasteiger partial charge < -0.3 is 20.0 Å². The first-order valence-corrected chi connectivity index (χ1v) is 10.4. The predicted octanol–water partition coefficient (Wildman–Crippen LogP) is 2.42. The Kier molecular flexibility index (Phi) is 4.63. The molecule has 158 valence electrons. The van der Waals surface area contributed by atoms with Gasteiger partial charge in [-0.1, -0.05) is 18.2 Å². The summed E-state index contributed by atoms with van der Waals surface area (Å²) in [7, 11) is 0. The summed E-state index contributed by atoms with van der Waals surface area (Å²) in [6.07, 6.45) is 2.75. The summed E-state index contributed by atoms with van der Waals surface area (Å²) >= 11 is 0. The number of fused-ring (bicyclic) bond motifs is 1. The van der Waals surface area contributed by atoms with Crippen molar-refractivity contribution in [2.24, 2.45) is 0 Å². The smallest absolute Gasteiger partial charge is 0.254 e. The van der Waals surface area contributed by atoms with Crippen LogP contribution in [-0.4, -0.2) is 68.6 Å². The van der Waals surface area contributed by atoms with Crippen LogP contribution in [0.15, 0.2) is 54.7 Å². The number of para-hydroxylation sites is 1. The third kappa shape index (κ3) is 3.61. The van der Waals surface area contributed by atoms with Crippen molar-refractivity contribution in [1.29, 1.82) is 0 Å². The number of carbonyl (C=O) groups excluding carboxylic acids is 2. The Labute approximate surface area is 179 Å². The number of hydrogen-bond acceptors (Lipinski definition) is 5. The molecule has 2 aliphatic rings. The summed E-state index contributed by atoms with van der Waals surface area (Å²) in [4.78, 5) is 32.9. The van der Waals surface area contributed by atoms with E-state index in [-0.39, 0.29) is 17.6 Å². The summed E-state index contributed by atoms with van der Waals surface area (Å²) in [5.41, 5.74) is 1.49. The van der Waals surface area contributed by atoms with Gasteiger partial charge in [0.05, 0.1) is 5.52 Å². The van der Waals surface area contributed by atoms with Gasteiger partial charge in [0.2, 0.25) is 0 Å². The molecule has 0 bridgehead atoms. The van der Waals surface area contributed by atoms with E-state index in [1.807, 2.05) is 30.3 Å². The number of phenolic OH excluding ortho intramolecular Hbond substituents is 1. The van der Waals surface area contributed by atoms with Crippen LogP contribution in [0.2, 0.25) is 0 Å². The molecule has 1 aromatic heterocycles. The Balaban J connectivity index is 1.30. The van der Waals surface area contributed by atoms with E-state index in [1.165, 1.54) is 6.07 Å². The summed E-state index contributed by atoms with van der Waals surface area (Å²) in [6.45, 7) is 1.61. The van der Waals surface area contributed by atoms with E-state index in [0.717, 1.165) is 16.5 Å². The number of benzene rings is 2. The number of pyridine rings is 1. The van der Waals surface area contributed by atoms with Gasteiger partial charge in [-0.25, -0.2) is 0 Å². The van der Waals surface area contributed by atoms with Gasteiger partial charge >= 0.3 is 0 Å². The average molecular weight is 417 g/mol. The van der Waals surface area contributed by atoms with Gasteiger partial charge in [-0.05, 0) is 43.2 Å². The number of aromatic hydroxyl groups is 1. The first-order valence-electron chi connectivity index (χ1n) is 10.4. The monoisotopic (exact) mass is 417 g/mol. The SMILES string of the molecule is O=C(c1ccc(-c2cnc3ccccc3c2)c(O)c1)N1CCN(C(=O)C2(O)CC2)CC1. The number of aromatic nitrogens is 1. The lowest BCUT2D eigenvalue weighted by Crippen LogP contribution is -2.53. The second-order valence-corrected chi connectivity index (χ2v) is 8.26. The zero-order valence-corrected chi connectivity index (χ0v) is 17.0. The number of carbonyl (C=O) groups is 2. The fraction of sp³-hybridized carbons (Fsp3) is 0.292. The van der Waals surface area contributed by atoms with E-state index in [2.05, 4.69) is 4.98 Å². The van der Waals surface area contributed by atoms with Crippen LogP contribution in [0.1, 0.15) is 23.2 Å². The molecule has 1 saturated carbocycles. The maximum atomic E-state index is 12.9. The largest absolute Gasteiger partial charge is 0.507 e. The first kappa shape index (κ1) is 19.5. The normalized spacial score (nSPS) is 17.6. The summed E-state index contributed by atoms with van der Waals surface area (Å²) in [5, 5.41) is 21.6. The highest BCUT2D eigenvalue weighted by Crippen LogP contribution is 2.37. The van der Waals surface area contributed by atoms with E-state index in [1.54, 1.807) is 28.1 Å². The lowest BCUT2D eigenvalue weighted by molar-refractivity contribution is -0.143. The number of aliphatic hydroxyl groups is 1. The molecule has 0 unspecified atom stereocenters. The molecule has 5 rings (SSSR count). The van der Waals surface area contributed by atoms with Gasteiger partial charge in [0.15, 0.2) is 0 Å². The summed E-state index contributed by atoms with van der Waals surface area (Å²) < 4.78 is 0. The molecule has 0 radical (unpaired) electrons. The van der Waals surface area contributed by atoms with Crippen molar-refractivity contribution in [2.45, 2.75) is 18.4 Å². The van der Waals surface area contributed by atoms with Gasteiger partial charge in [0.25, 0.3) is 11.8 Å². The quantitative estimate of drug-likeness (QED) is 0.683. The molecule has 1 saturated heterocycles. The second kappa shape index (κ2) is 7.35. The maximum absolute atomic E-state index is 12.9. The Bertz CT molecular complexity index is 1180. The highest BCUT2D eigenvalue weighted by molar-refractivity contribution is 5.96.